The molecule has 2 rings (SSSR count). The summed E-state index contributed by atoms with van der Waals surface area (Å²) < 4.78 is 27.1. The minimum absolute atomic E-state index is 0.0441. The Labute approximate surface area is 141 Å². The standard InChI is InChI=1S/C17H20N2O4S/c1-4-13(3)18-24(22,23)16-9-7-14(8-10-16)15-6-5-12(2)17(11-15)19(20)21/h5-11,13,18H,4H2,1-3H3. The van der Waals surface area contributed by atoms with Crippen LogP contribution in [-0.4, -0.2) is 19.4 Å². The Balaban J connectivity index is 2.33. The topological polar surface area (TPSA) is 89.3 Å². The molecule has 0 aliphatic rings. The Morgan fingerprint density at radius 2 is 1.71 bits per heavy atom. The van der Waals surface area contributed by atoms with Crippen molar-refractivity contribution in [3.8, 4) is 11.1 Å². The van der Waals surface area contributed by atoms with Crippen LogP contribution in [0.25, 0.3) is 11.1 Å². The fraction of sp³-hybridized carbons (Fsp3) is 0.294. The minimum atomic E-state index is -3.56. The molecule has 0 radical (unpaired) electrons. The van der Waals surface area contributed by atoms with Crippen molar-refractivity contribution < 1.29 is 13.3 Å². The van der Waals surface area contributed by atoms with E-state index in [9.17, 15) is 18.5 Å². The van der Waals surface area contributed by atoms with E-state index in [0.29, 0.717) is 17.5 Å². The maximum absolute atomic E-state index is 12.2. The van der Waals surface area contributed by atoms with Gasteiger partial charge in [0.1, 0.15) is 0 Å². The molecule has 1 N–H and O–H groups in total. The third-order valence-electron chi connectivity index (χ3n) is 3.87. The van der Waals surface area contributed by atoms with E-state index in [1.54, 1.807) is 38.1 Å². The van der Waals surface area contributed by atoms with Crippen LogP contribution in [0.15, 0.2) is 47.4 Å². The predicted octanol–water partition coefficient (Wildman–Crippen LogP) is 3.65. The number of benzene rings is 2. The van der Waals surface area contributed by atoms with Gasteiger partial charge in [0.05, 0.1) is 9.82 Å². The summed E-state index contributed by atoms with van der Waals surface area (Å²) in [6.45, 7) is 5.39. The lowest BCUT2D eigenvalue weighted by molar-refractivity contribution is -0.385. The molecule has 0 saturated heterocycles. The summed E-state index contributed by atoms with van der Waals surface area (Å²) >= 11 is 0. The van der Waals surface area contributed by atoms with Gasteiger partial charge in [0.2, 0.25) is 10.0 Å². The molecule has 2 aromatic carbocycles. The van der Waals surface area contributed by atoms with Crippen LogP contribution in [0.4, 0.5) is 5.69 Å². The van der Waals surface area contributed by atoms with Crippen molar-refractivity contribution in [2.45, 2.75) is 38.1 Å². The summed E-state index contributed by atoms with van der Waals surface area (Å²) in [5, 5.41) is 11.0. The second-order valence-electron chi connectivity index (χ2n) is 5.71. The molecular formula is C17H20N2O4S. The second kappa shape index (κ2) is 7.11. The third-order valence-corrected chi connectivity index (χ3v) is 5.48. The van der Waals surface area contributed by atoms with Gasteiger partial charge in [-0.2, -0.15) is 0 Å². The first-order valence-corrected chi connectivity index (χ1v) is 9.10. The molecule has 0 bridgehead atoms. The summed E-state index contributed by atoms with van der Waals surface area (Å²) in [5.41, 5.74) is 2.02. The van der Waals surface area contributed by atoms with Crippen molar-refractivity contribution in [2.24, 2.45) is 0 Å². The fourth-order valence-corrected chi connectivity index (χ4v) is 3.56. The molecule has 0 heterocycles. The molecule has 0 amide bonds. The molecule has 1 unspecified atom stereocenters. The maximum Gasteiger partial charge on any atom is 0.272 e. The molecule has 1 atom stereocenters. The molecule has 24 heavy (non-hydrogen) atoms. The van der Waals surface area contributed by atoms with E-state index in [2.05, 4.69) is 4.72 Å². The Morgan fingerprint density at radius 3 is 2.25 bits per heavy atom. The van der Waals surface area contributed by atoms with Crippen LogP contribution in [0.5, 0.6) is 0 Å². The van der Waals surface area contributed by atoms with E-state index >= 15 is 0 Å². The molecule has 0 fully saturated rings. The zero-order chi connectivity index (χ0) is 17.9. The zero-order valence-corrected chi connectivity index (χ0v) is 14.6. The van der Waals surface area contributed by atoms with E-state index in [4.69, 9.17) is 0 Å². The average molecular weight is 348 g/mol. The van der Waals surface area contributed by atoms with E-state index < -0.39 is 14.9 Å². The van der Waals surface area contributed by atoms with Gasteiger partial charge in [0.25, 0.3) is 5.69 Å². The summed E-state index contributed by atoms with van der Waals surface area (Å²) in [4.78, 5) is 10.8. The number of hydrogen-bond donors (Lipinski definition) is 1. The van der Waals surface area contributed by atoms with Crippen molar-refractivity contribution in [3.63, 3.8) is 0 Å². The van der Waals surface area contributed by atoms with Crippen molar-refractivity contribution >= 4 is 15.7 Å². The molecule has 7 heteroatoms. The molecule has 0 saturated carbocycles. The summed E-state index contributed by atoms with van der Waals surface area (Å²) in [6, 6.07) is 11.1. The van der Waals surface area contributed by atoms with Crippen LogP contribution in [0.3, 0.4) is 0 Å². The lowest BCUT2D eigenvalue weighted by Crippen LogP contribution is -2.31. The minimum Gasteiger partial charge on any atom is -0.258 e. The normalized spacial score (nSPS) is 12.8. The lowest BCUT2D eigenvalue weighted by Gasteiger charge is -2.12. The third kappa shape index (κ3) is 3.98. The van der Waals surface area contributed by atoms with Gasteiger partial charge < -0.3 is 0 Å². The monoisotopic (exact) mass is 348 g/mol. The first-order chi connectivity index (χ1) is 11.2. The second-order valence-corrected chi connectivity index (χ2v) is 7.43. The van der Waals surface area contributed by atoms with Gasteiger partial charge in [-0.3, -0.25) is 10.1 Å². The van der Waals surface area contributed by atoms with Crippen LogP contribution >= 0.6 is 0 Å². The Hall–Kier alpha value is -2.25. The zero-order valence-electron chi connectivity index (χ0n) is 13.8. The van der Waals surface area contributed by atoms with Crippen molar-refractivity contribution in [2.75, 3.05) is 0 Å². The molecule has 0 aromatic heterocycles. The van der Waals surface area contributed by atoms with Crippen molar-refractivity contribution in [3.05, 3.63) is 58.1 Å². The number of nitrogens with one attached hydrogen (secondary N) is 1. The van der Waals surface area contributed by atoms with E-state index in [-0.39, 0.29) is 16.6 Å². The van der Waals surface area contributed by atoms with Crippen LogP contribution in [0.1, 0.15) is 25.8 Å². The predicted molar refractivity (Wildman–Crippen MR) is 93.3 cm³/mol. The SMILES string of the molecule is CCC(C)NS(=O)(=O)c1ccc(-c2ccc(C)c([N+](=O)[O-])c2)cc1. The number of rotatable bonds is 6. The highest BCUT2D eigenvalue weighted by Gasteiger charge is 2.17. The highest BCUT2D eigenvalue weighted by atomic mass is 32.2. The van der Waals surface area contributed by atoms with Gasteiger partial charge in [-0.05, 0) is 43.5 Å². The molecule has 6 nitrogen and oxygen atoms in total. The molecule has 2 aromatic rings. The quantitative estimate of drug-likeness (QED) is 0.637. The van der Waals surface area contributed by atoms with Crippen molar-refractivity contribution in [1.29, 1.82) is 0 Å². The van der Waals surface area contributed by atoms with E-state index in [1.165, 1.54) is 18.2 Å². The van der Waals surface area contributed by atoms with Gasteiger partial charge in [0.15, 0.2) is 0 Å². The lowest BCUT2D eigenvalue weighted by atomic mass is 10.0. The molecule has 0 aliphatic carbocycles. The Bertz CT molecular complexity index is 845. The van der Waals surface area contributed by atoms with E-state index in [1.807, 2.05) is 6.92 Å². The van der Waals surface area contributed by atoms with Gasteiger partial charge in [0, 0.05) is 17.7 Å². The average Bonchev–Trinajstić information content (AvgIpc) is 2.54. The van der Waals surface area contributed by atoms with Crippen LogP contribution in [-0.2, 0) is 10.0 Å². The Kier molecular flexibility index (Phi) is 5.36. The number of nitro groups is 1. The summed E-state index contributed by atoms with van der Waals surface area (Å²) in [6.07, 6.45) is 0.699. The summed E-state index contributed by atoms with van der Waals surface area (Å²) in [7, 11) is -3.56. The smallest absolute Gasteiger partial charge is 0.258 e. The Morgan fingerprint density at radius 1 is 1.12 bits per heavy atom. The van der Waals surface area contributed by atoms with Crippen LogP contribution in [0.2, 0.25) is 0 Å². The van der Waals surface area contributed by atoms with Gasteiger partial charge in [-0.1, -0.05) is 31.2 Å². The van der Waals surface area contributed by atoms with Crippen molar-refractivity contribution in [1.82, 2.24) is 4.72 Å². The number of sulfonamides is 1. The number of nitro benzene ring substituents is 1. The first-order valence-electron chi connectivity index (χ1n) is 7.62. The molecular weight excluding hydrogens is 328 g/mol. The van der Waals surface area contributed by atoms with Gasteiger partial charge in [-0.25, -0.2) is 13.1 Å². The molecule has 128 valence electrons. The molecule has 0 aliphatic heterocycles. The summed E-state index contributed by atoms with van der Waals surface area (Å²) in [5.74, 6) is 0. The van der Waals surface area contributed by atoms with Gasteiger partial charge >= 0.3 is 0 Å². The van der Waals surface area contributed by atoms with Crippen LogP contribution < -0.4 is 4.72 Å². The molecule has 0 spiro atoms. The number of aryl methyl sites for hydroxylation is 1. The highest BCUT2D eigenvalue weighted by Crippen LogP contribution is 2.27. The maximum atomic E-state index is 12.2. The first kappa shape index (κ1) is 18.1. The van der Waals surface area contributed by atoms with E-state index in [0.717, 1.165) is 5.56 Å². The largest absolute Gasteiger partial charge is 0.272 e. The van der Waals surface area contributed by atoms with Gasteiger partial charge in [-0.15, -0.1) is 0 Å². The number of nitrogens with zero attached hydrogens (tertiary/aromatic N) is 1. The fourth-order valence-electron chi connectivity index (χ4n) is 2.23. The van der Waals surface area contributed by atoms with Crippen LogP contribution in [0, 0.1) is 17.0 Å². The highest BCUT2D eigenvalue weighted by molar-refractivity contribution is 7.89. The number of hydrogen-bond acceptors (Lipinski definition) is 4.